The molecule has 0 aromatic heterocycles. The van der Waals surface area contributed by atoms with E-state index in [1.54, 1.807) is 31.2 Å². The van der Waals surface area contributed by atoms with Crippen molar-refractivity contribution in [2.45, 2.75) is 19.4 Å². The maximum absolute atomic E-state index is 12.0. The molecule has 1 aromatic carbocycles. The average Bonchev–Trinajstić information content (AvgIpc) is 2.55. The van der Waals surface area contributed by atoms with Crippen LogP contribution >= 0.6 is 11.6 Å². The minimum absolute atomic E-state index is 0.0849. The monoisotopic (exact) mass is 339 g/mol. The molecule has 0 saturated carbocycles. The van der Waals surface area contributed by atoms with Gasteiger partial charge < -0.3 is 19.9 Å². The number of amides is 1. The van der Waals surface area contributed by atoms with Crippen LogP contribution in [0.1, 0.15) is 13.3 Å². The minimum Gasteiger partial charge on any atom is -0.481 e. The molecular weight excluding hydrogens is 314 g/mol. The van der Waals surface area contributed by atoms with Gasteiger partial charge in [0.15, 0.2) is 6.10 Å². The molecular formula is C17H26ClN3O2. The predicted molar refractivity (Wildman–Crippen MR) is 93.1 cm³/mol. The first-order chi connectivity index (χ1) is 11.0. The maximum Gasteiger partial charge on any atom is 0.260 e. The third kappa shape index (κ3) is 6.37. The summed E-state index contributed by atoms with van der Waals surface area (Å²) in [5.41, 5.74) is 0. The van der Waals surface area contributed by atoms with Gasteiger partial charge in [-0.2, -0.15) is 0 Å². The van der Waals surface area contributed by atoms with Gasteiger partial charge in [0.2, 0.25) is 0 Å². The van der Waals surface area contributed by atoms with Crippen LogP contribution in [0.5, 0.6) is 5.75 Å². The van der Waals surface area contributed by atoms with E-state index in [1.807, 2.05) is 0 Å². The molecule has 5 nitrogen and oxygen atoms in total. The Hall–Kier alpha value is -1.30. The fourth-order valence-electron chi connectivity index (χ4n) is 2.50. The largest absolute Gasteiger partial charge is 0.481 e. The van der Waals surface area contributed by atoms with Gasteiger partial charge in [-0.3, -0.25) is 4.79 Å². The molecule has 2 rings (SSSR count). The van der Waals surface area contributed by atoms with Gasteiger partial charge in [-0.25, -0.2) is 0 Å². The van der Waals surface area contributed by atoms with Crippen molar-refractivity contribution < 1.29 is 9.53 Å². The van der Waals surface area contributed by atoms with Crippen molar-refractivity contribution in [2.75, 3.05) is 46.3 Å². The Morgan fingerprint density at radius 2 is 1.91 bits per heavy atom. The SMILES string of the molecule is CC(Oc1ccc(Cl)cc1)C(=O)NCCCN1CCN(C)CC1. The molecule has 1 aliphatic heterocycles. The first-order valence-electron chi connectivity index (χ1n) is 8.15. The number of carbonyl (C=O) groups excluding carboxylic acids is 1. The third-order valence-corrected chi connectivity index (χ3v) is 4.29. The number of hydrogen-bond acceptors (Lipinski definition) is 4. The van der Waals surface area contributed by atoms with Gasteiger partial charge in [0.1, 0.15) is 5.75 Å². The van der Waals surface area contributed by atoms with E-state index in [9.17, 15) is 4.79 Å². The zero-order chi connectivity index (χ0) is 16.7. The summed E-state index contributed by atoms with van der Waals surface area (Å²) in [6, 6.07) is 7.02. The second kappa shape index (κ2) is 9.11. The van der Waals surface area contributed by atoms with E-state index in [0.717, 1.165) is 39.1 Å². The van der Waals surface area contributed by atoms with Crippen molar-refractivity contribution in [2.24, 2.45) is 0 Å². The fourth-order valence-corrected chi connectivity index (χ4v) is 2.63. The second-order valence-corrected chi connectivity index (χ2v) is 6.44. The summed E-state index contributed by atoms with van der Waals surface area (Å²) in [5, 5.41) is 3.59. The number of benzene rings is 1. The Bertz CT molecular complexity index is 487. The van der Waals surface area contributed by atoms with Crippen LogP contribution in [0, 0.1) is 0 Å². The Labute approximate surface area is 143 Å². The number of likely N-dealkylation sites (N-methyl/N-ethyl adjacent to an activating group) is 1. The molecule has 128 valence electrons. The zero-order valence-corrected chi connectivity index (χ0v) is 14.7. The van der Waals surface area contributed by atoms with Crippen molar-refractivity contribution in [1.82, 2.24) is 15.1 Å². The van der Waals surface area contributed by atoms with Crippen LogP contribution in [-0.4, -0.2) is 68.1 Å². The lowest BCUT2D eigenvalue weighted by molar-refractivity contribution is -0.127. The lowest BCUT2D eigenvalue weighted by Crippen LogP contribution is -2.45. The Kier molecular flexibility index (Phi) is 7.15. The summed E-state index contributed by atoms with van der Waals surface area (Å²) in [7, 11) is 2.15. The smallest absolute Gasteiger partial charge is 0.260 e. The summed E-state index contributed by atoms with van der Waals surface area (Å²) in [6.45, 7) is 7.93. The van der Waals surface area contributed by atoms with Gasteiger partial charge in [-0.05, 0) is 51.2 Å². The van der Waals surface area contributed by atoms with Crippen molar-refractivity contribution in [1.29, 1.82) is 0 Å². The van der Waals surface area contributed by atoms with Crippen molar-refractivity contribution in [3.8, 4) is 5.75 Å². The van der Waals surface area contributed by atoms with Crippen LogP contribution in [0.15, 0.2) is 24.3 Å². The standard InChI is InChI=1S/C17H26ClN3O2/c1-14(23-16-6-4-15(18)5-7-16)17(22)19-8-3-9-21-12-10-20(2)11-13-21/h4-7,14H,3,8-13H2,1-2H3,(H,19,22). The van der Waals surface area contributed by atoms with Gasteiger partial charge in [-0.1, -0.05) is 11.6 Å². The van der Waals surface area contributed by atoms with Crippen LogP contribution in [-0.2, 0) is 4.79 Å². The second-order valence-electron chi connectivity index (χ2n) is 6.00. The lowest BCUT2D eigenvalue weighted by Gasteiger charge is -2.32. The van der Waals surface area contributed by atoms with Gasteiger partial charge in [0, 0.05) is 37.7 Å². The summed E-state index contributed by atoms with van der Waals surface area (Å²) in [6.07, 6.45) is 0.447. The average molecular weight is 340 g/mol. The highest BCUT2D eigenvalue weighted by atomic mass is 35.5. The van der Waals surface area contributed by atoms with Crippen LogP contribution in [0.3, 0.4) is 0 Å². The van der Waals surface area contributed by atoms with Gasteiger partial charge >= 0.3 is 0 Å². The predicted octanol–water partition coefficient (Wildman–Crippen LogP) is 1.86. The first kappa shape index (κ1) is 18.0. The fraction of sp³-hybridized carbons (Fsp3) is 0.588. The van der Waals surface area contributed by atoms with Crippen LogP contribution in [0.25, 0.3) is 0 Å². The Balaban J connectivity index is 1.61. The molecule has 1 unspecified atom stereocenters. The van der Waals surface area contributed by atoms with Crippen LogP contribution in [0.2, 0.25) is 5.02 Å². The molecule has 1 fully saturated rings. The number of ether oxygens (including phenoxy) is 1. The molecule has 0 spiro atoms. The topological polar surface area (TPSA) is 44.8 Å². The van der Waals surface area contributed by atoms with E-state index in [1.165, 1.54) is 0 Å². The van der Waals surface area contributed by atoms with E-state index >= 15 is 0 Å². The molecule has 1 heterocycles. The number of piperazine rings is 1. The highest BCUT2D eigenvalue weighted by molar-refractivity contribution is 6.30. The Morgan fingerprint density at radius 3 is 2.57 bits per heavy atom. The third-order valence-electron chi connectivity index (χ3n) is 4.04. The molecule has 1 N–H and O–H groups in total. The summed E-state index contributed by atoms with van der Waals surface area (Å²) < 4.78 is 5.60. The molecule has 23 heavy (non-hydrogen) atoms. The normalized spacial score (nSPS) is 17.7. The summed E-state index contributed by atoms with van der Waals surface area (Å²) in [4.78, 5) is 16.8. The van der Waals surface area contributed by atoms with E-state index in [0.29, 0.717) is 17.3 Å². The van der Waals surface area contributed by atoms with Crippen molar-refractivity contribution in [3.63, 3.8) is 0 Å². The molecule has 1 aromatic rings. The van der Waals surface area contributed by atoms with Gasteiger partial charge in [0.25, 0.3) is 5.91 Å². The number of hydrogen-bond donors (Lipinski definition) is 1. The van der Waals surface area contributed by atoms with Crippen molar-refractivity contribution >= 4 is 17.5 Å². The number of nitrogens with one attached hydrogen (secondary N) is 1. The first-order valence-corrected chi connectivity index (χ1v) is 8.53. The zero-order valence-electron chi connectivity index (χ0n) is 13.9. The van der Waals surface area contributed by atoms with E-state index in [-0.39, 0.29) is 5.91 Å². The number of halogens is 1. The van der Waals surface area contributed by atoms with Crippen molar-refractivity contribution in [3.05, 3.63) is 29.3 Å². The molecule has 1 aliphatic rings. The van der Waals surface area contributed by atoms with Gasteiger partial charge in [0.05, 0.1) is 0 Å². The number of carbonyl (C=O) groups is 1. The summed E-state index contributed by atoms with van der Waals surface area (Å²) >= 11 is 5.83. The van der Waals surface area contributed by atoms with Crippen LogP contribution in [0.4, 0.5) is 0 Å². The molecule has 1 amide bonds. The summed E-state index contributed by atoms with van der Waals surface area (Å²) in [5.74, 6) is 0.563. The quantitative estimate of drug-likeness (QED) is 0.770. The maximum atomic E-state index is 12.0. The number of nitrogens with zero attached hydrogens (tertiary/aromatic N) is 2. The van der Waals surface area contributed by atoms with E-state index in [2.05, 4.69) is 22.2 Å². The molecule has 0 bridgehead atoms. The number of rotatable bonds is 7. The molecule has 0 radical (unpaired) electrons. The highest BCUT2D eigenvalue weighted by Crippen LogP contribution is 2.16. The molecule has 1 saturated heterocycles. The van der Waals surface area contributed by atoms with Crippen LogP contribution < -0.4 is 10.1 Å². The Morgan fingerprint density at radius 1 is 1.26 bits per heavy atom. The van der Waals surface area contributed by atoms with Gasteiger partial charge in [-0.15, -0.1) is 0 Å². The minimum atomic E-state index is -0.514. The molecule has 6 heteroatoms. The van der Waals surface area contributed by atoms with E-state index in [4.69, 9.17) is 16.3 Å². The van der Waals surface area contributed by atoms with E-state index < -0.39 is 6.10 Å². The molecule has 1 atom stereocenters. The molecule has 0 aliphatic carbocycles. The lowest BCUT2D eigenvalue weighted by atomic mass is 10.3. The highest BCUT2D eigenvalue weighted by Gasteiger charge is 2.15.